The molecule has 0 aliphatic rings. The zero-order valence-electron chi connectivity index (χ0n) is 7.59. The first kappa shape index (κ1) is 10.9. The molecule has 0 radical (unpaired) electrons. The lowest BCUT2D eigenvalue weighted by molar-refractivity contribution is -0.123. The quantitative estimate of drug-likeness (QED) is 0.625. The van der Waals surface area contributed by atoms with Gasteiger partial charge in [-0.2, -0.15) is 0 Å². The van der Waals surface area contributed by atoms with Gasteiger partial charge < -0.3 is 5.32 Å². The van der Waals surface area contributed by atoms with Crippen molar-refractivity contribution in [2.75, 3.05) is 6.54 Å². The van der Waals surface area contributed by atoms with Gasteiger partial charge in [0.25, 0.3) is 0 Å². The van der Waals surface area contributed by atoms with Crippen LogP contribution in [-0.4, -0.2) is 18.2 Å². The lowest BCUT2D eigenvalue weighted by Gasteiger charge is -1.98. The third-order valence-corrected chi connectivity index (χ3v) is 1.32. The largest absolute Gasteiger partial charge is 0.356 e. The van der Waals surface area contributed by atoms with Crippen LogP contribution in [0.2, 0.25) is 0 Å². The van der Waals surface area contributed by atoms with E-state index in [9.17, 15) is 9.59 Å². The van der Waals surface area contributed by atoms with E-state index in [1.165, 1.54) is 6.08 Å². The minimum Gasteiger partial charge on any atom is -0.356 e. The summed E-state index contributed by atoms with van der Waals surface area (Å²) in [5.41, 5.74) is 0. The van der Waals surface area contributed by atoms with Gasteiger partial charge >= 0.3 is 0 Å². The molecule has 0 aromatic carbocycles. The van der Waals surface area contributed by atoms with Gasteiger partial charge in [0.15, 0.2) is 5.78 Å². The summed E-state index contributed by atoms with van der Waals surface area (Å²) in [4.78, 5) is 21.7. The lowest BCUT2D eigenvalue weighted by Crippen LogP contribution is -2.22. The fraction of sp³-hybridized carbons (Fsp3) is 0.556. The number of allylic oxidation sites excluding steroid dienone is 2. The van der Waals surface area contributed by atoms with Gasteiger partial charge in [0, 0.05) is 19.4 Å². The number of rotatable bonds is 5. The third-order valence-electron chi connectivity index (χ3n) is 1.32. The number of ketones is 1. The van der Waals surface area contributed by atoms with Crippen molar-refractivity contribution in [2.45, 2.75) is 26.7 Å². The molecule has 0 aliphatic heterocycles. The van der Waals surface area contributed by atoms with Crippen LogP contribution in [0.1, 0.15) is 26.7 Å². The number of hydrogen-bond acceptors (Lipinski definition) is 2. The fourth-order valence-electron chi connectivity index (χ4n) is 0.792. The number of hydrogen-bond donors (Lipinski definition) is 1. The highest BCUT2D eigenvalue weighted by Gasteiger charge is 2.02. The molecule has 0 aromatic rings. The van der Waals surface area contributed by atoms with Crippen LogP contribution in [0.4, 0.5) is 0 Å². The van der Waals surface area contributed by atoms with Gasteiger partial charge in [-0.1, -0.05) is 6.08 Å². The molecule has 0 aromatic heterocycles. The average Bonchev–Trinajstić information content (AvgIpc) is 2.02. The molecule has 3 nitrogen and oxygen atoms in total. The maximum absolute atomic E-state index is 10.9. The topological polar surface area (TPSA) is 46.2 Å². The van der Waals surface area contributed by atoms with Gasteiger partial charge in [-0.15, -0.1) is 0 Å². The summed E-state index contributed by atoms with van der Waals surface area (Å²) in [6.07, 6.45) is 3.76. The first-order valence-corrected chi connectivity index (χ1v) is 4.13. The minimum atomic E-state index is -0.0599. The Hall–Kier alpha value is -1.12. The molecule has 0 atom stereocenters. The van der Waals surface area contributed by atoms with E-state index >= 15 is 0 Å². The summed E-state index contributed by atoms with van der Waals surface area (Å²) >= 11 is 0. The van der Waals surface area contributed by atoms with Gasteiger partial charge in [0.05, 0.1) is 0 Å². The van der Waals surface area contributed by atoms with Crippen molar-refractivity contribution >= 4 is 11.7 Å². The standard InChI is InChI=1S/C9H15NO2/c1-3-5-8(11)6-7-9(12)10-4-2/h3,5H,4,6-7H2,1-2H3,(H,10,12)/b5-3+. The van der Waals surface area contributed by atoms with Crippen molar-refractivity contribution in [3.8, 4) is 0 Å². The lowest BCUT2D eigenvalue weighted by atomic mass is 10.2. The molecular formula is C9H15NO2. The van der Waals surface area contributed by atoms with Crippen molar-refractivity contribution in [3.63, 3.8) is 0 Å². The Bertz CT molecular complexity index is 185. The van der Waals surface area contributed by atoms with Gasteiger partial charge in [0.2, 0.25) is 5.91 Å². The fourth-order valence-corrected chi connectivity index (χ4v) is 0.792. The van der Waals surface area contributed by atoms with E-state index in [4.69, 9.17) is 0 Å². The van der Waals surface area contributed by atoms with Crippen molar-refractivity contribution in [1.82, 2.24) is 5.32 Å². The van der Waals surface area contributed by atoms with Gasteiger partial charge in [-0.25, -0.2) is 0 Å². The monoisotopic (exact) mass is 169 g/mol. The molecule has 0 heterocycles. The molecule has 0 unspecified atom stereocenters. The van der Waals surface area contributed by atoms with Gasteiger partial charge in [-0.05, 0) is 19.9 Å². The second-order valence-electron chi connectivity index (χ2n) is 2.42. The van der Waals surface area contributed by atoms with Crippen LogP contribution in [0, 0.1) is 0 Å². The Kier molecular flexibility index (Phi) is 5.97. The van der Waals surface area contributed by atoms with Gasteiger partial charge in [0.1, 0.15) is 0 Å². The van der Waals surface area contributed by atoms with Crippen LogP contribution in [0.25, 0.3) is 0 Å². The van der Waals surface area contributed by atoms with Crippen LogP contribution in [0.5, 0.6) is 0 Å². The van der Waals surface area contributed by atoms with E-state index < -0.39 is 0 Å². The highest BCUT2D eigenvalue weighted by Crippen LogP contribution is 1.92. The molecule has 0 aliphatic carbocycles. The van der Waals surface area contributed by atoms with Gasteiger partial charge in [-0.3, -0.25) is 9.59 Å². The van der Waals surface area contributed by atoms with Crippen LogP contribution < -0.4 is 5.32 Å². The van der Waals surface area contributed by atoms with E-state index in [1.807, 2.05) is 6.92 Å². The van der Waals surface area contributed by atoms with E-state index in [1.54, 1.807) is 13.0 Å². The second kappa shape index (κ2) is 6.58. The number of nitrogens with one attached hydrogen (secondary N) is 1. The van der Waals surface area contributed by atoms with Crippen LogP contribution in [-0.2, 0) is 9.59 Å². The van der Waals surface area contributed by atoms with Crippen LogP contribution in [0.3, 0.4) is 0 Å². The average molecular weight is 169 g/mol. The van der Waals surface area contributed by atoms with Crippen molar-refractivity contribution in [3.05, 3.63) is 12.2 Å². The SMILES string of the molecule is C/C=C/C(=O)CCC(=O)NCC. The predicted molar refractivity (Wildman–Crippen MR) is 47.7 cm³/mol. The van der Waals surface area contributed by atoms with E-state index in [0.717, 1.165) is 0 Å². The summed E-state index contributed by atoms with van der Waals surface area (Å²) < 4.78 is 0. The van der Waals surface area contributed by atoms with E-state index in [2.05, 4.69) is 5.32 Å². The van der Waals surface area contributed by atoms with Crippen LogP contribution in [0.15, 0.2) is 12.2 Å². The Morgan fingerprint density at radius 2 is 2.00 bits per heavy atom. The molecule has 1 N–H and O–H groups in total. The molecule has 12 heavy (non-hydrogen) atoms. The maximum atomic E-state index is 10.9. The molecule has 1 amide bonds. The Balaban J connectivity index is 3.54. The van der Waals surface area contributed by atoms with Crippen molar-refractivity contribution in [2.24, 2.45) is 0 Å². The molecule has 0 bridgehead atoms. The molecule has 0 spiro atoms. The molecule has 0 fully saturated rings. The molecule has 3 heteroatoms. The molecule has 68 valence electrons. The first-order chi connectivity index (χ1) is 5.70. The Morgan fingerprint density at radius 3 is 2.50 bits per heavy atom. The second-order valence-corrected chi connectivity index (χ2v) is 2.42. The third kappa shape index (κ3) is 5.65. The Morgan fingerprint density at radius 1 is 1.33 bits per heavy atom. The van der Waals surface area contributed by atoms with Crippen LogP contribution >= 0.6 is 0 Å². The molecule has 0 saturated heterocycles. The van der Waals surface area contributed by atoms with E-state index in [-0.39, 0.29) is 18.1 Å². The zero-order chi connectivity index (χ0) is 9.40. The summed E-state index contributed by atoms with van der Waals surface area (Å²) in [6, 6.07) is 0. The first-order valence-electron chi connectivity index (χ1n) is 4.13. The minimum absolute atomic E-state index is 0.00348. The van der Waals surface area contributed by atoms with E-state index in [0.29, 0.717) is 13.0 Å². The number of carbonyl (C=O) groups is 2. The smallest absolute Gasteiger partial charge is 0.220 e. The zero-order valence-corrected chi connectivity index (χ0v) is 7.59. The maximum Gasteiger partial charge on any atom is 0.220 e. The molecular weight excluding hydrogens is 154 g/mol. The summed E-state index contributed by atoms with van der Waals surface area (Å²) in [6.45, 7) is 4.26. The number of carbonyl (C=O) groups excluding carboxylic acids is 2. The van der Waals surface area contributed by atoms with Crippen molar-refractivity contribution < 1.29 is 9.59 Å². The Labute approximate surface area is 72.8 Å². The summed E-state index contributed by atoms with van der Waals surface area (Å²) in [5, 5.41) is 2.63. The molecule has 0 saturated carbocycles. The molecule has 0 rings (SSSR count). The predicted octanol–water partition coefficient (Wildman–Crippen LogP) is 1.05. The summed E-state index contributed by atoms with van der Waals surface area (Å²) in [5.74, 6) is -0.0564. The number of amides is 1. The highest BCUT2D eigenvalue weighted by molar-refractivity contribution is 5.92. The van der Waals surface area contributed by atoms with Crippen molar-refractivity contribution in [1.29, 1.82) is 0 Å². The normalized spacial score (nSPS) is 10.2. The summed E-state index contributed by atoms with van der Waals surface area (Å²) in [7, 11) is 0. The highest BCUT2D eigenvalue weighted by atomic mass is 16.2.